The summed E-state index contributed by atoms with van der Waals surface area (Å²) in [6.07, 6.45) is 3.11. The van der Waals surface area contributed by atoms with E-state index in [1.165, 1.54) is 18.1 Å². The molecule has 0 aliphatic carbocycles. The third-order valence-corrected chi connectivity index (χ3v) is 3.92. The first-order valence-electron chi connectivity index (χ1n) is 8.05. The number of benzene rings is 2. The van der Waals surface area contributed by atoms with Gasteiger partial charge in [-0.2, -0.15) is 0 Å². The van der Waals surface area contributed by atoms with E-state index in [9.17, 15) is 4.79 Å². The number of carbonyl (C=O) groups is 1. The molecule has 2 aromatic rings. The summed E-state index contributed by atoms with van der Waals surface area (Å²) in [6, 6.07) is 18.6. The Morgan fingerprint density at radius 1 is 1.09 bits per heavy atom. The molecule has 120 valence electrons. The highest BCUT2D eigenvalue weighted by Crippen LogP contribution is 2.22. The van der Waals surface area contributed by atoms with Gasteiger partial charge in [0.1, 0.15) is 5.76 Å². The summed E-state index contributed by atoms with van der Waals surface area (Å²) in [5, 5.41) is 0. The maximum absolute atomic E-state index is 11.1. The number of esters is 1. The second-order valence-corrected chi connectivity index (χ2v) is 6.01. The van der Waals surface area contributed by atoms with Crippen LogP contribution in [0.5, 0.6) is 0 Å². The predicted octanol–water partition coefficient (Wildman–Crippen LogP) is 5.03. The molecule has 1 unspecified atom stereocenters. The highest BCUT2D eigenvalue weighted by atomic mass is 16.5. The van der Waals surface area contributed by atoms with Crippen molar-refractivity contribution in [2.75, 3.05) is 0 Å². The zero-order valence-electron chi connectivity index (χ0n) is 13.9. The Hall–Kier alpha value is -2.35. The van der Waals surface area contributed by atoms with Gasteiger partial charge in [0.2, 0.25) is 0 Å². The van der Waals surface area contributed by atoms with Crippen LogP contribution in [0, 0.1) is 5.92 Å². The van der Waals surface area contributed by atoms with Crippen molar-refractivity contribution in [1.29, 1.82) is 0 Å². The lowest BCUT2D eigenvalue weighted by molar-refractivity contribution is -0.134. The maximum atomic E-state index is 11.1. The molecular weight excluding hydrogens is 284 g/mol. The molecule has 0 saturated heterocycles. The minimum absolute atomic E-state index is 0.331. The van der Waals surface area contributed by atoms with Gasteiger partial charge in [-0.1, -0.05) is 68.1 Å². The number of hydrogen-bond acceptors (Lipinski definition) is 2. The van der Waals surface area contributed by atoms with Gasteiger partial charge in [0.05, 0.1) is 0 Å². The zero-order chi connectivity index (χ0) is 16.7. The monoisotopic (exact) mass is 308 g/mol. The van der Waals surface area contributed by atoms with Crippen LogP contribution in [0.1, 0.15) is 37.0 Å². The minimum Gasteiger partial charge on any atom is -0.427 e. The topological polar surface area (TPSA) is 26.3 Å². The number of rotatable bonds is 7. The first kappa shape index (κ1) is 17.0. The van der Waals surface area contributed by atoms with E-state index in [0.29, 0.717) is 11.7 Å². The van der Waals surface area contributed by atoms with Crippen LogP contribution in [0.4, 0.5) is 0 Å². The van der Waals surface area contributed by atoms with Gasteiger partial charge in [-0.05, 0) is 36.3 Å². The van der Waals surface area contributed by atoms with Crippen molar-refractivity contribution in [3.8, 4) is 0 Å². The smallest absolute Gasteiger partial charge is 0.308 e. The molecule has 2 nitrogen and oxygen atoms in total. The van der Waals surface area contributed by atoms with Crippen LogP contribution in [-0.2, 0) is 22.4 Å². The normalized spacial score (nSPS) is 11.7. The van der Waals surface area contributed by atoms with Gasteiger partial charge in [0, 0.05) is 12.5 Å². The van der Waals surface area contributed by atoms with E-state index >= 15 is 0 Å². The van der Waals surface area contributed by atoms with Crippen LogP contribution in [0.25, 0.3) is 5.76 Å². The fourth-order valence-corrected chi connectivity index (χ4v) is 2.76. The van der Waals surface area contributed by atoms with Crippen molar-refractivity contribution in [3.05, 3.63) is 77.9 Å². The highest BCUT2D eigenvalue weighted by Gasteiger charge is 2.10. The van der Waals surface area contributed by atoms with Crippen LogP contribution < -0.4 is 0 Å². The molecule has 0 fully saturated rings. The quantitative estimate of drug-likeness (QED) is 0.529. The van der Waals surface area contributed by atoms with Crippen LogP contribution in [0.3, 0.4) is 0 Å². The van der Waals surface area contributed by atoms with E-state index in [-0.39, 0.29) is 5.97 Å². The molecule has 2 rings (SSSR count). The van der Waals surface area contributed by atoms with Crippen LogP contribution in [0.2, 0.25) is 0 Å². The molecule has 0 aliphatic heterocycles. The lowest BCUT2D eigenvalue weighted by Crippen LogP contribution is -2.04. The van der Waals surface area contributed by atoms with Crippen molar-refractivity contribution >= 4 is 11.7 Å². The van der Waals surface area contributed by atoms with E-state index in [4.69, 9.17) is 4.74 Å². The summed E-state index contributed by atoms with van der Waals surface area (Å²) in [6.45, 7) is 7.55. The highest BCUT2D eigenvalue weighted by molar-refractivity contribution is 5.76. The summed E-state index contributed by atoms with van der Waals surface area (Å²) < 4.78 is 5.15. The fraction of sp³-hybridized carbons (Fsp3) is 0.286. The average Bonchev–Trinajstić information content (AvgIpc) is 2.53. The summed E-state index contributed by atoms with van der Waals surface area (Å²) in [7, 11) is 0. The van der Waals surface area contributed by atoms with Crippen molar-refractivity contribution in [2.24, 2.45) is 5.92 Å². The molecule has 1 atom stereocenters. The van der Waals surface area contributed by atoms with Crippen molar-refractivity contribution in [2.45, 2.75) is 33.1 Å². The molecule has 0 N–H and O–H groups in total. The SMILES string of the molecule is C=C(OC(C)=O)c1ccccc1CCC(C)Cc1ccccc1. The molecule has 0 aromatic heterocycles. The molecule has 0 spiro atoms. The Balaban J connectivity index is 1.97. The van der Waals surface area contributed by atoms with E-state index in [1.54, 1.807) is 0 Å². The number of aryl methyl sites for hydroxylation is 1. The molecule has 2 aromatic carbocycles. The second kappa shape index (κ2) is 8.33. The third kappa shape index (κ3) is 5.41. The van der Waals surface area contributed by atoms with Gasteiger partial charge in [0.15, 0.2) is 0 Å². The molecule has 0 aliphatic rings. The van der Waals surface area contributed by atoms with Crippen molar-refractivity contribution in [3.63, 3.8) is 0 Å². The summed E-state index contributed by atoms with van der Waals surface area (Å²) in [5.41, 5.74) is 3.48. The van der Waals surface area contributed by atoms with Crippen molar-refractivity contribution < 1.29 is 9.53 Å². The van der Waals surface area contributed by atoms with Gasteiger partial charge < -0.3 is 4.74 Å². The first-order chi connectivity index (χ1) is 11.1. The Morgan fingerprint density at radius 2 is 1.74 bits per heavy atom. The lowest BCUT2D eigenvalue weighted by Gasteiger charge is -2.14. The molecule has 2 heteroatoms. The molecular formula is C21H24O2. The molecule has 0 bridgehead atoms. The molecule has 0 heterocycles. The van der Waals surface area contributed by atoms with E-state index in [0.717, 1.165) is 24.8 Å². The largest absolute Gasteiger partial charge is 0.427 e. The predicted molar refractivity (Wildman–Crippen MR) is 94.9 cm³/mol. The van der Waals surface area contributed by atoms with Crippen molar-refractivity contribution in [1.82, 2.24) is 0 Å². The Kier molecular flexibility index (Phi) is 6.16. The van der Waals surface area contributed by atoms with Crippen LogP contribution in [0.15, 0.2) is 61.2 Å². The minimum atomic E-state index is -0.331. The molecule has 0 radical (unpaired) electrons. The van der Waals surface area contributed by atoms with Gasteiger partial charge >= 0.3 is 5.97 Å². The Morgan fingerprint density at radius 3 is 2.43 bits per heavy atom. The number of carbonyl (C=O) groups excluding carboxylic acids is 1. The number of ether oxygens (including phenoxy) is 1. The Labute approximate surface area is 138 Å². The zero-order valence-corrected chi connectivity index (χ0v) is 13.9. The average molecular weight is 308 g/mol. The third-order valence-electron chi connectivity index (χ3n) is 3.92. The van der Waals surface area contributed by atoms with Gasteiger partial charge in [-0.3, -0.25) is 4.79 Å². The van der Waals surface area contributed by atoms with Gasteiger partial charge in [0.25, 0.3) is 0 Å². The van der Waals surface area contributed by atoms with Crippen LogP contribution >= 0.6 is 0 Å². The summed E-state index contributed by atoms with van der Waals surface area (Å²) >= 11 is 0. The summed E-state index contributed by atoms with van der Waals surface area (Å²) in [4.78, 5) is 11.1. The molecule has 0 amide bonds. The lowest BCUT2D eigenvalue weighted by atomic mass is 9.93. The standard InChI is InChI=1S/C21H24O2/c1-16(15-19-9-5-4-6-10-19)13-14-20-11-7-8-12-21(20)17(2)23-18(3)22/h4-12,16H,2,13-15H2,1,3H3. The molecule has 23 heavy (non-hydrogen) atoms. The van der Waals surface area contributed by atoms with E-state index < -0.39 is 0 Å². The fourth-order valence-electron chi connectivity index (χ4n) is 2.76. The van der Waals surface area contributed by atoms with Gasteiger partial charge in [-0.25, -0.2) is 0 Å². The van der Waals surface area contributed by atoms with Crippen LogP contribution in [-0.4, -0.2) is 5.97 Å². The number of hydrogen-bond donors (Lipinski definition) is 0. The second-order valence-electron chi connectivity index (χ2n) is 6.01. The van der Waals surface area contributed by atoms with Gasteiger partial charge in [-0.15, -0.1) is 0 Å². The molecule has 0 saturated carbocycles. The van der Waals surface area contributed by atoms with E-state index in [1.807, 2.05) is 24.3 Å². The Bertz CT molecular complexity index is 659. The first-order valence-corrected chi connectivity index (χ1v) is 8.05. The summed E-state index contributed by atoms with van der Waals surface area (Å²) in [5.74, 6) is 0.693. The maximum Gasteiger partial charge on any atom is 0.308 e. The van der Waals surface area contributed by atoms with E-state index in [2.05, 4.69) is 43.8 Å².